The van der Waals surface area contributed by atoms with Crippen LogP contribution in [-0.2, 0) is 0 Å². The van der Waals surface area contributed by atoms with Crippen LogP contribution in [0, 0.1) is 0 Å². The predicted molar refractivity (Wildman–Crippen MR) is 54.0 cm³/mol. The monoisotopic (exact) mass is 221 g/mol. The van der Waals surface area contributed by atoms with Gasteiger partial charge in [-0.05, 0) is 24.3 Å². The van der Waals surface area contributed by atoms with E-state index in [1.54, 1.807) is 7.05 Å². The van der Waals surface area contributed by atoms with Gasteiger partial charge in [0.2, 0.25) is 0 Å². The third-order valence-corrected chi connectivity index (χ3v) is 1.38. The second-order valence-electron chi connectivity index (χ2n) is 2.32. The lowest BCUT2D eigenvalue weighted by Crippen LogP contribution is -2.16. The predicted octanol–water partition coefficient (Wildman–Crippen LogP) is 3.65. The van der Waals surface area contributed by atoms with Gasteiger partial charge in [-0.1, -0.05) is 13.8 Å². The number of anilines is 1. The minimum atomic E-state index is -4.62. The van der Waals surface area contributed by atoms with Crippen molar-refractivity contribution in [3.8, 4) is 5.75 Å². The Balaban J connectivity index is 0.000000921. The van der Waals surface area contributed by atoms with Crippen LogP contribution < -0.4 is 10.1 Å². The molecule has 0 saturated heterocycles. The fraction of sp³-hybridized carbons (Fsp3) is 0.400. The molecule has 0 radical (unpaired) electrons. The molecule has 1 N–H and O–H groups in total. The van der Waals surface area contributed by atoms with Gasteiger partial charge in [0.05, 0.1) is 0 Å². The molecule has 0 aliphatic rings. The van der Waals surface area contributed by atoms with E-state index in [-0.39, 0.29) is 5.75 Å². The summed E-state index contributed by atoms with van der Waals surface area (Å²) in [6.07, 6.45) is -4.62. The topological polar surface area (TPSA) is 21.3 Å². The van der Waals surface area contributed by atoms with Crippen molar-refractivity contribution in [3.05, 3.63) is 24.3 Å². The van der Waals surface area contributed by atoms with Crippen LogP contribution in [0.25, 0.3) is 0 Å². The van der Waals surface area contributed by atoms with Crippen LogP contribution in [0.2, 0.25) is 0 Å². The Kier molecular flexibility index (Phi) is 5.59. The average Bonchev–Trinajstić information content (AvgIpc) is 2.20. The number of hydrogen-bond donors (Lipinski definition) is 1. The Morgan fingerprint density at radius 1 is 1.07 bits per heavy atom. The van der Waals surface area contributed by atoms with Gasteiger partial charge in [0.1, 0.15) is 5.75 Å². The number of rotatable bonds is 2. The summed E-state index contributed by atoms with van der Waals surface area (Å²) in [6, 6.07) is 5.50. The molecule has 0 spiro atoms. The van der Waals surface area contributed by atoms with Crippen LogP contribution >= 0.6 is 0 Å². The van der Waals surface area contributed by atoms with E-state index in [4.69, 9.17) is 0 Å². The fourth-order valence-corrected chi connectivity index (χ4v) is 0.823. The summed E-state index contributed by atoms with van der Waals surface area (Å²) < 4.78 is 38.7. The lowest BCUT2D eigenvalue weighted by molar-refractivity contribution is -0.274. The van der Waals surface area contributed by atoms with E-state index in [0.717, 1.165) is 5.69 Å². The van der Waals surface area contributed by atoms with E-state index >= 15 is 0 Å². The average molecular weight is 221 g/mol. The molecule has 1 aromatic rings. The van der Waals surface area contributed by atoms with Crippen LogP contribution in [0.3, 0.4) is 0 Å². The molecule has 0 saturated carbocycles. The molecule has 0 aliphatic heterocycles. The van der Waals surface area contributed by atoms with Crippen LogP contribution in [0.4, 0.5) is 18.9 Å². The summed E-state index contributed by atoms with van der Waals surface area (Å²) in [4.78, 5) is 0. The summed E-state index contributed by atoms with van der Waals surface area (Å²) in [6.45, 7) is 4.00. The third kappa shape index (κ3) is 5.83. The van der Waals surface area contributed by atoms with E-state index in [0.29, 0.717) is 0 Å². The summed E-state index contributed by atoms with van der Waals surface area (Å²) in [5.74, 6) is -0.216. The van der Waals surface area contributed by atoms with Crippen molar-refractivity contribution < 1.29 is 17.9 Å². The molecule has 0 atom stereocenters. The molecule has 0 unspecified atom stereocenters. The maximum Gasteiger partial charge on any atom is 0.573 e. The second-order valence-corrected chi connectivity index (χ2v) is 2.32. The van der Waals surface area contributed by atoms with E-state index in [1.165, 1.54) is 24.3 Å². The van der Waals surface area contributed by atoms with E-state index in [9.17, 15) is 13.2 Å². The van der Waals surface area contributed by atoms with Crippen molar-refractivity contribution in [2.24, 2.45) is 0 Å². The maximum absolute atomic E-state index is 11.7. The molecule has 5 heteroatoms. The number of halogens is 3. The zero-order chi connectivity index (χ0) is 11.9. The highest BCUT2D eigenvalue weighted by molar-refractivity contribution is 5.45. The van der Waals surface area contributed by atoms with Crippen LogP contribution in [0.1, 0.15) is 13.8 Å². The third-order valence-electron chi connectivity index (χ3n) is 1.38. The molecule has 0 amide bonds. The Morgan fingerprint density at radius 3 is 1.87 bits per heavy atom. The van der Waals surface area contributed by atoms with Crippen molar-refractivity contribution in [2.75, 3.05) is 12.4 Å². The fourth-order valence-electron chi connectivity index (χ4n) is 0.823. The Labute approximate surface area is 87.1 Å². The zero-order valence-corrected chi connectivity index (χ0v) is 8.85. The Bertz CT molecular complexity index is 269. The smallest absolute Gasteiger partial charge is 0.406 e. The molecule has 0 aromatic heterocycles. The lowest BCUT2D eigenvalue weighted by atomic mass is 10.3. The zero-order valence-electron chi connectivity index (χ0n) is 8.85. The van der Waals surface area contributed by atoms with Crippen molar-refractivity contribution in [3.63, 3.8) is 0 Å². The van der Waals surface area contributed by atoms with Crippen molar-refractivity contribution >= 4 is 5.69 Å². The number of nitrogens with one attached hydrogen (secondary N) is 1. The van der Waals surface area contributed by atoms with Gasteiger partial charge in [-0.25, -0.2) is 0 Å². The SMILES string of the molecule is CC.CNc1ccc(OC(F)(F)F)cc1. The van der Waals surface area contributed by atoms with Crippen LogP contribution in [0.5, 0.6) is 5.75 Å². The standard InChI is InChI=1S/C8H8F3NO.C2H6/c1-12-6-2-4-7(5-3-6)13-8(9,10)11;1-2/h2-5,12H,1H3;1-2H3. The molecular weight excluding hydrogens is 207 g/mol. The summed E-state index contributed by atoms with van der Waals surface area (Å²) in [5.41, 5.74) is 0.731. The molecule has 0 fully saturated rings. The highest BCUT2D eigenvalue weighted by Gasteiger charge is 2.30. The summed E-state index contributed by atoms with van der Waals surface area (Å²) in [7, 11) is 1.68. The molecule has 15 heavy (non-hydrogen) atoms. The molecule has 1 aromatic carbocycles. The second kappa shape index (κ2) is 6.16. The molecular formula is C10H14F3NO. The van der Waals surface area contributed by atoms with Gasteiger partial charge >= 0.3 is 6.36 Å². The van der Waals surface area contributed by atoms with E-state index in [2.05, 4.69) is 10.1 Å². The molecule has 0 bridgehead atoms. The molecule has 86 valence electrons. The first kappa shape index (κ1) is 13.6. The molecule has 2 nitrogen and oxygen atoms in total. The number of benzene rings is 1. The minimum Gasteiger partial charge on any atom is -0.406 e. The Morgan fingerprint density at radius 2 is 1.53 bits per heavy atom. The van der Waals surface area contributed by atoms with Crippen molar-refractivity contribution in [2.45, 2.75) is 20.2 Å². The van der Waals surface area contributed by atoms with Crippen molar-refractivity contribution in [1.29, 1.82) is 0 Å². The van der Waals surface area contributed by atoms with Gasteiger partial charge in [-0.15, -0.1) is 13.2 Å². The summed E-state index contributed by atoms with van der Waals surface area (Å²) >= 11 is 0. The first-order valence-electron chi connectivity index (χ1n) is 4.55. The molecule has 1 rings (SSSR count). The minimum absolute atomic E-state index is 0.216. The largest absolute Gasteiger partial charge is 0.573 e. The van der Waals surface area contributed by atoms with Crippen molar-refractivity contribution in [1.82, 2.24) is 0 Å². The van der Waals surface area contributed by atoms with Gasteiger partial charge in [-0.2, -0.15) is 0 Å². The first-order chi connectivity index (χ1) is 7.01. The number of alkyl halides is 3. The van der Waals surface area contributed by atoms with E-state index < -0.39 is 6.36 Å². The highest BCUT2D eigenvalue weighted by Crippen LogP contribution is 2.23. The molecule has 0 heterocycles. The molecule has 0 aliphatic carbocycles. The van der Waals surface area contributed by atoms with Gasteiger partial charge in [-0.3, -0.25) is 0 Å². The highest BCUT2D eigenvalue weighted by atomic mass is 19.4. The van der Waals surface area contributed by atoms with Gasteiger partial charge < -0.3 is 10.1 Å². The normalized spacial score (nSPS) is 10.0. The van der Waals surface area contributed by atoms with Gasteiger partial charge in [0.25, 0.3) is 0 Å². The number of ether oxygens (including phenoxy) is 1. The van der Waals surface area contributed by atoms with Gasteiger partial charge in [0.15, 0.2) is 0 Å². The van der Waals surface area contributed by atoms with E-state index in [1.807, 2.05) is 13.8 Å². The first-order valence-corrected chi connectivity index (χ1v) is 4.55. The van der Waals surface area contributed by atoms with Crippen LogP contribution in [0.15, 0.2) is 24.3 Å². The number of hydrogen-bond acceptors (Lipinski definition) is 2. The summed E-state index contributed by atoms with van der Waals surface area (Å²) in [5, 5.41) is 2.78. The van der Waals surface area contributed by atoms with Gasteiger partial charge in [0, 0.05) is 12.7 Å². The van der Waals surface area contributed by atoms with Crippen LogP contribution in [-0.4, -0.2) is 13.4 Å². The lowest BCUT2D eigenvalue weighted by Gasteiger charge is -2.08. The Hall–Kier alpha value is -1.39. The maximum atomic E-state index is 11.7. The quantitative estimate of drug-likeness (QED) is 0.822.